The highest BCUT2D eigenvalue weighted by atomic mass is 35.5. The number of carbonyl (C=O) groups excluding carboxylic acids is 2. The summed E-state index contributed by atoms with van der Waals surface area (Å²) in [6.07, 6.45) is -0.112. The summed E-state index contributed by atoms with van der Waals surface area (Å²) >= 11 is 12.9. The fourth-order valence-electron chi connectivity index (χ4n) is 3.89. The maximum atomic E-state index is 13.2. The zero-order chi connectivity index (χ0) is 24.8. The summed E-state index contributed by atoms with van der Waals surface area (Å²) in [7, 11) is 3.03. The summed E-state index contributed by atoms with van der Waals surface area (Å²) in [4.78, 5) is 27.4. The SMILES string of the molecule is CCOC(=O)C(COC)C1CC(c2c(OCOC)ccc(Cl)c2Cl)N(C(=O)OC(C)(C)C)C1. The van der Waals surface area contributed by atoms with E-state index < -0.39 is 23.7 Å². The molecule has 1 aromatic rings. The molecule has 1 amide bonds. The number of likely N-dealkylation sites (tertiary alicyclic amines) is 1. The summed E-state index contributed by atoms with van der Waals surface area (Å²) in [5, 5.41) is 0.590. The average Bonchev–Trinajstić information content (AvgIpc) is 3.16. The van der Waals surface area contributed by atoms with Crippen molar-refractivity contribution in [2.45, 2.75) is 45.8 Å². The second kappa shape index (κ2) is 12.1. The quantitative estimate of drug-likeness (QED) is 0.340. The summed E-state index contributed by atoms with van der Waals surface area (Å²) < 4.78 is 27.0. The molecule has 1 aliphatic heterocycles. The highest BCUT2D eigenvalue weighted by Gasteiger charge is 2.45. The van der Waals surface area contributed by atoms with Crippen LogP contribution in [0.1, 0.15) is 45.7 Å². The maximum absolute atomic E-state index is 13.2. The molecule has 1 fully saturated rings. The maximum Gasteiger partial charge on any atom is 0.410 e. The van der Waals surface area contributed by atoms with Crippen molar-refractivity contribution in [3.8, 4) is 5.75 Å². The molecule has 0 bridgehead atoms. The number of hydrogen-bond acceptors (Lipinski definition) is 7. The second-order valence-electron chi connectivity index (χ2n) is 8.78. The van der Waals surface area contributed by atoms with Crippen LogP contribution in [0.4, 0.5) is 4.79 Å². The number of methoxy groups -OCH3 is 2. The van der Waals surface area contributed by atoms with Crippen molar-refractivity contribution >= 4 is 35.3 Å². The minimum atomic E-state index is -0.708. The first kappa shape index (κ1) is 27.5. The van der Waals surface area contributed by atoms with E-state index >= 15 is 0 Å². The Morgan fingerprint density at radius 1 is 1.18 bits per heavy atom. The Balaban J connectivity index is 2.51. The van der Waals surface area contributed by atoms with Crippen molar-refractivity contribution in [1.82, 2.24) is 4.90 Å². The number of halogens is 2. The third-order valence-electron chi connectivity index (χ3n) is 5.22. The van der Waals surface area contributed by atoms with E-state index in [4.69, 9.17) is 46.9 Å². The average molecular weight is 506 g/mol. The van der Waals surface area contributed by atoms with Gasteiger partial charge in [0.05, 0.1) is 35.2 Å². The summed E-state index contributed by atoms with van der Waals surface area (Å²) in [6, 6.07) is 2.76. The smallest absolute Gasteiger partial charge is 0.410 e. The molecule has 3 atom stereocenters. The van der Waals surface area contributed by atoms with Gasteiger partial charge >= 0.3 is 12.1 Å². The lowest BCUT2D eigenvalue weighted by Gasteiger charge is -2.30. The predicted molar refractivity (Wildman–Crippen MR) is 125 cm³/mol. The van der Waals surface area contributed by atoms with Gasteiger partial charge in [-0.3, -0.25) is 4.79 Å². The Bertz CT molecular complexity index is 828. The standard InChI is InChI=1S/C23H33Cl2NO7/c1-7-31-21(27)15(12-29-5)14-10-17(26(11-14)22(28)33-23(2,3)4)19-18(32-13-30-6)9-8-16(24)20(19)25/h8-9,14-15,17H,7,10-13H2,1-6H3. The van der Waals surface area contributed by atoms with E-state index in [0.29, 0.717) is 22.8 Å². The Morgan fingerprint density at radius 2 is 1.88 bits per heavy atom. The van der Waals surface area contributed by atoms with E-state index in [-0.39, 0.29) is 43.5 Å². The number of hydrogen-bond donors (Lipinski definition) is 0. The summed E-state index contributed by atoms with van der Waals surface area (Å²) in [5.41, 5.74) is -0.171. The number of ether oxygens (including phenoxy) is 5. The lowest BCUT2D eigenvalue weighted by molar-refractivity contribution is -0.152. The van der Waals surface area contributed by atoms with Crippen LogP contribution in [0.25, 0.3) is 0 Å². The van der Waals surface area contributed by atoms with E-state index in [0.717, 1.165) is 0 Å². The fraction of sp³-hybridized carbons (Fsp3) is 0.652. The molecule has 8 nitrogen and oxygen atoms in total. The van der Waals surface area contributed by atoms with Crippen molar-refractivity contribution in [3.63, 3.8) is 0 Å². The minimum Gasteiger partial charge on any atom is -0.467 e. The van der Waals surface area contributed by atoms with Gasteiger partial charge < -0.3 is 28.6 Å². The van der Waals surface area contributed by atoms with Crippen LogP contribution in [0, 0.1) is 11.8 Å². The first-order valence-corrected chi connectivity index (χ1v) is 11.5. The van der Waals surface area contributed by atoms with Gasteiger partial charge in [0, 0.05) is 26.3 Å². The van der Waals surface area contributed by atoms with Crippen molar-refractivity contribution in [3.05, 3.63) is 27.7 Å². The first-order chi connectivity index (χ1) is 15.5. The van der Waals surface area contributed by atoms with E-state index in [9.17, 15) is 9.59 Å². The number of nitrogens with zero attached hydrogens (tertiary/aromatic N) is 1. The normalized spacial score (nSPS) is 19.3. The van der Waals surface area contributed by atoms with E-state index in [1.54, 1.807) is 44.7 Å². The van der Waals surface area contributed by atoms with Crippen LogP contribution in [-0.4, -0.2) is 63.3 Å². The van der Waals surface area contributed by atoms with Crippen molar-refractivity contribution < 1.29 is 33.3 Å². The third-order valence-corrected chi connectivity index (χ3v) is 6.04. The number of benzene rings is 1. The van der Waals surface area contributed by atoms with Gasteiger partial charge in [-0.05, 0) is 52.2 Å². The minimum absolute atomic E-state index is 0.0112. The van der Waals surface area contributed by atoms with Crippen molar-refractivity contribution in [2.24, 2.45) is 11.8 Å². The van der Waals surface area contributed by atoms with Crippen molar-refractivity contribution in [1.29, 1.82) is 0 Å². The first-order valence-electron chi connectivity index (χ1n) is 10.8. The van der Waals surface area contributed by atoms with Crippen molar-refractivity contribution in [2.75, 3.05) is 40.8 Å². The molecule has 186 valence electrons. The lowest BCUT2D eigenvalue weighted by Crippen LogP contribution is -2.38. The van der Waals surface area contributed by atoms with Crippen LogP contribution in [0.5, 0.6) is 5.75 Å². The molecule has 1 heterocycles. The van der Waals surface area contributed by atoms with Gasteiger partial charge in [-0.25, -0.2) is 4.79 Å². The zero-order valence-corrected chi connectivity index (χ0v) is 21.5. The van der Waals surface area contributed by atoms with Gasteiger partial charge in [-0.1, -0.05) is 23.2 Å². The van der Waals surface area contributed by atoms with Crippen LogP contribution < -0.4 is 4.74 Å². The largest absolute Gasteiger partial charge is 0.467 e. The molecule has 0 spiro atoms. The molecular weight excluding hydrogens is 473 g/mol. The Hall–Kier alpha value is -1.74. The van der Waals surface area contributed by atoms with Crippen LogP contribution in [0.3, 0.4) is 0 Å². The van der Waals surface area contributed by atoms with E-state index in [1.807, 2.05) is 0 Å². The number of carbonyl (C=O) groups is 2. The third kappa shape index (κ3) is 7.12. The number of rotatable bonds is 9. The molecule has 2 rings (SSSR count). The molecule has 0 N–H and O–H groups in total. The highest BCUT2D eigenvalue weighted by molar-refractivity contribution is 6.42. The van der Waals surface area contributed by atoms with Gasteiger partial charge in [-0.15, -0.1) is 0 Å². The lowest BCUT2D eigenvalue weighted by atomic mass is 9.89. The molecule has 1 saturated heterocycles. The van der Waals surface area contributed by atoms with Crippen LogP contribution >= 0.6 is 23.2 Å². The van der Waals surface area contributed by atoms with Crippen LogP contribution in [0.15, 0.2) is 12.1 Å². The second-order valence-corrected chi connectivity index (χ2v) is 9.57. The highest BCUT2D eigenvalue weighted by Crippen LogP contribution is 2.47. The monoisotopic (exact) mass is 505 g/mol. The number of amides is 1. The Morgan fingerprint density at radius 3 is 2.45 bits per heavy atom. The zero-order valence-electron chi connectivity index (χ0n) is 20.0. The molecule has 1 aliphatic rings. The molecule has 10 heteroatoms. The summed E-state index contributed by atoms with van der Waals surface area (Å²) in [5.74, 6) is -0.759. The number of esters is 1. The van der Waals surface area contributed by atoms with Gasteiger partial charge in [0.15, 0.2) is 6.79 Å². The van der Waals surface area contributed by atoms with Gasteiger partial charge in [0.25, 0.3) is 0 Å². The predicted octanol–water partition coefficient (Wildman–Crippen LogP) is 5.10. The molecule has 3 unspecified atom stereocenters. The molecule has 33 heavy (non-hydrogen) atoms. The van der Waals surface area contributed by atoms with Gasteiger partial charge in [0.2, 0.25) is 0 Å². The molecule has 0 aromatic heterocycles. The Kier molecular flexibility index (Phi) is 10.1. The molecule has 0 radical (unpaired) electrons. The molecule has 1 aromatic carbocycles. The molecule has 0 saturated carbocycles. The molecular formula is C23H33Cl2NO7. The fourth-order valence-corrected chi connectivity index (χ4v) is 4.34. The van der Waals surface area contributed by atoms with Gasteiger partial charge in [0.1, 0.15) is 11.4 Å². The van der Waals surface area contributed by atoms with E-state index in [2.05, 4.69) is 0 Å². The van der Waals surface area contributed by atoms with Gasteiger partial charge in [-0.2, -0.15) is 0 Å². The molecule has 0 aliphatic carbocycles. The topological polar surface area (TPSA) is 83.5 Å². The van der Waals surface area contributed by atoms with E-state index in [1.165, 1.54) is 14.2 Å². The van der Waals surface area contributed by atoms with Crippen LogP contribution in [-0.2, 0) is 23.7 Å². The Labute approximate surface area is 205 Å². The van der Waals surface area contributed by atoms with Crippen LogP contribution in [0.2, 0.25) is 10.0 Å². The summed E-state index contributed by atoms with van der Waals surface area (Å²) in [6.45, 7) is 7.77.